The van der Waals surface area contributed by atoms with Gasteiger partial charge < -0.3 is 15.5 Å². The van der Waals surface area contributed by atoms with Gasteiger partial charge in [-0.25, -0.2) is 4.98 Å². The summed E-state index contributed by atoms with van der Waals surface area (Å²) in [7, 11) is 1.56. The van der Waals surface area contributed by atoms with Gasteiger partial charge in [0.15, 0.2) is 0 Å². The number of halogens is 1. The van der Waals surface area contributed by atoms with Crippen LogP contribution < -0.4 is 5.73 Å². The molecular weight excluding hydrogens is 386 g/mol. The average Bonchev–Trinajstić information content (AvgIpc) is 3.08. The number of hydrogen-bond donors (Lipinski definition) is 2. The molecule has 3 aromatic rings. The maximum Gasteiger partial charge on any atom is 0.230 e. The van der Waals surface area contributed by atoms with E-state index in [-0.39, 0.29) is 12.5 Å². The molecule has 3 rings (SSSR count). The fraction of sp³-hybridized carbons (Fsp3) is 0.391. The highest BCUT2D eigenvalue weighted by Gasteiger charge is 2.33. The van der Waals surface area contributed by atoms with Gasteiger partial charge in [0, 0.05) is 18.6 Å². The van der Waals surface area contributed by atoms with Crippen molar-refractivity contribution in [3.8, 4) is 0 Å². The summed E-state index contributed by atoms with van der Waals surface area (Å²) >= 11 is 6.45. The van der Waals surface area contributed by atoms with Crippen LogP contribution in [0.4, 0.5) is 0 Å². The van der Waals surface area contributed by atoms with Crippen LogP contribution in [0.5, 0.6) is 0 Å². The van der Waals surface area contributed by atoms with Gasteiger partial charge in [-0.1, -0.05) is 49.7 Å². The van der Waals surface area contributed by atoms with E-state index in [2.05, 4.69) is 24.9 Å². The van der Waals surface area contributed by atoms with Crippen molar-refractivity contribution < 1.29 is 9.53 Å². The highest BCUT2D eigenvalue weighted by Crippen LogP contribution is 2.33. The molecule has 6 heteroatoms. The largest absolute Gasteiger partial charge is 0.383 e. The van der Waals surface area contributed by atoms with E-state index < -0.39 is 11.3 Å². The number of primary amides is 1. The van der Waals surface area contributed by atoms with Gasteiger partial charge in [0.05, 0.1) is 23.1 Å². The number of nitrogens with two attached hydrogens (primary N) is 1. The normalized spacial score (nSPS) is 14.8. The van der Waals surface area contributed by atoms with E-state index in [1.807, 2.05) is 36.4 Å². The highest BCUT2D eigenvalue weighted by molar-refractivity contribution is 6.31. The van der Waals surface area contributed by atoms with Gasteiger partial charge in [-0.3, -0.25) is 4.79 Å². The lowest BCUT2D eigenvalue weighted by Crippen LogP contribution is -2.42. The fourth-order valence-corrected chi connectivity index (χ4v) is 4.05. The van der Waals surface area contributed by atoms with Crippen molar-refractivity contribution in [1.29, 1.82) is 0 Å². The molecule has 3 N–H and O–H groups in total. The minimum Gasteiger partial charge on any atom is -0.383 e. The minimum atomic E-state index is -0.897. The monoisotopic (exact) mass is 413 g/mol. The molecule has 2 aromatic carbocycles. The zero-order valence-electron chi connectivity index (χ0n) is 17.3. The molecule has 1 aromatic heterocycles. The third-order valence-corrected chi connectivity index (χ3v) is 6.01. The predicted octanol–water partition coefficient (Wildman–Crippen LogP) is 4.59. The van der Waals surface area contributed by atoms with E-state index in [1.54, 1.807) is 14.0 Å². The Hall–Kier alpha value is -2.37. The lowest BCUT2D eigenvalue weighted by Gasteiger charge is -2.25. The second-order valence-corrected chi connectivity index (χ2v) is 8.53. The van der Waals surface area contributed by atoms with Gasteiger partial charge in [0.1, 0.15) is 5.82 Å². The predicted molar refractivity (Wildman–Crippen MR) is 117 cm³/mol. The van der Waals surface area contributed by atoms with Crippen LogP contribution >= 0.6 is 11.6 Å². The lowest BCUT2D eigenvalue weighted by molar-refractivity contribution is -0.124. The Balaban J connectivity index is 1.95. The van der Waals surface area contributed by atoms with Crippen LogP contribution in [-0.4, -0.2) is 29.6 Å². The summed E-state index contributed by atoms with van der Waals surface area (Å²) in [6.45, 7) is 6.40. The molecule has 0 radical (unpaired) electrons. The number of hydrogen-bond acceptors (Lipinski definition) is 3. The second-order valence-electron chi connectivity index (χ2n) is 8.12. The van der Waals surface area contributed by atoms with Crippen molar-refractivity contribution in [1.82, 2.24) is 9.97 Å². The number of aromatic nitrogens is 2. The van der Waals surface area contributed by atoms with Crippen molar-refractivity contribution >= 4 is 28.5 Å². The lowest BCUT2D eigenvalue weighted by atomic mass is 9.82. The van der Waals surface area contributed by atoms with E-state index >= 15 is 0 Å². The van der Waals surface area contributed by atoms with Gasteiger partial charge in [0.2, 0.25) is 5.91 Å². The van der Waals surface area contributed by atoms with E-state index in [9.17, 15) is 4.79 Å². The van der Waals surface area contributed by atoms with Crippen molar-refractivity contribution in [2.45, 2.75) is 38.5 Å². The van der Waals surface area contributed by atoms with Crippen LogP contribution in [0.3, 0.4) is 0 Å². The number of nitrogens with one attached hydrogen (secondary N) is 1. The Kier molecular flexibility index (Phi) is 6.30. The molecule has 1 amide bonds. The first-order chi connectivity index (χ1) is 13.8. The molecule has 1 heterocycles. The summed E-state index contributed by atoms with van der Waals surface area (Å²) in [4.78, 5) is 20.2. The van der Waals surface area contributed by atoms with Gasteiger partial charge in [-0.05, 0) is 48.1 Å². The maximum atomic E-state index is 12.1. The van der Waals surface area contributed by atoms with Gasteiger partial charge in [-0.2, -0.15) is 0 Å². The Labute approximate surface area is 176 Å². The van der Waals surface area contributed by atoms with Crippen molar-refractivity contribution in [2.24, 2.45) is 11.7 Å². The molecule has 0 spiro atoms. The summed E-state index contributed by atoms with van der Waals surface area (Å²) in [5, 5.41) is 0.779. The van der Waals surface area contributed by atoms with Crippen molar-refractivity contribution in [2.75, 3.05) is 13.7 Å². The summed E-state index contributed by atoms with van der Waals surface area (Å²) < 4.78 is 5.24. The third kappa shape index (κ3) is 4.31. The standard InChI is InChI=1S/C23H28ClN3O2/c1-14(2)17(16-7-5-6-8-18(16)24)12-21-26-19-10-9-15(11-20(19)27-21)23(3,13-29-4)22(25)28/h5-11,14,17H,12-13H2,1-4H3,(H2,25,28)(H,26,27)/t17-,23?/m0/s1. The van der Waals surface area contributed by atoms with Gasteiger partial charge >= 0.3 is 0 Å². The van der Waals surface area contributed by atoms with Gasteiger partial charge in [0.25, 0.3) is 0 Å². The molecule has 5 nitrogen and oxygen atoms in total. The minimum absolute atomic E-state index is 0.219. The number of carbonyl (C=O) groups is 1. The molecule has 0 bridgehead atoms. The van der Waals surface area contributed by atoms with Crippen LogP contribution in [0.25, 0.3) is 11.0 Å². The average molecular weight is 414 g/mol. The summed E-state index contributed by atoms with van der Waals surface area (Å²) in [5.74, 6) is 1.12. The highest BCUT2D eigenvalue weighted by atomic mass is 35.5. The first-order valence-corrected chi connectivity index (χ1v) is 10.2. The molecule has 0 saturated heterocycles. The number of fused-ring (bicyclic) bond motifs is 1. The Morgan fingerprint density at radius 1 is 1.28 bits per heavy atom. The number of ether oxygens (including phenoxy) is 1. The van der Waals surface area contributed by atoms with Crippen LogP contribution in [0.2, 0.25) is 5.02 Å². The summed E-state index contributed by atoms with van der Waals surface area (Å²) in [6, 6.07) is 13.7. The molecule has 154 valence electrons. The van der Waals surface area contributed by atoms with Crippen molar-refractivity contribution in [3.63, 3.8) is 0 Å². The molecular formula is C23H28ClN3O2. The smallest absolute Gasteiger partial charge is 0.230 e. The van der Waals surface area contributed by atoms with E-state index in [4.69, 9.17) is 27.1 Å². The molecule has 29 heavy (non-hydrogen) atoms. The number of aromatic amines is 1. The number of carbonyl (C=O) groups excluding carboxylic acids is 1. The van der Waals surface area contributed by atoms with Crippen LogP contribution in [0.15, 0.2) is 42.5 Å². The zero-order chi connectivity index (χ0) is 21.2. The van der Waals surface area contributed by atoms with E-state index in [0.29, 0.717) is 5.92 Å². The number of benzene rings is 2. The molecule has 2 atom stereocenters. The number of amides is 1. The molecule has 0 aliphatic heterocycles. The maximum absolute atomic E-state index is 12.1. The van der Waals surface area contributed by atoms with Crippen molar-refractivity contribution in [3.05, 3.63) is 64.4 Å². The molecule has 0 aliphatic rings. The Morgan fingerprint density at radius 3 is 2.62 bits per heavy atom. The SMILES string of the molecule is COCC(C)(C(N)=O)c1ccc2nc(C[C@H](c3ccccc3Cl)C(C)C)[nH]c2c1. The first-order valence-electron chi connectivity index (χ1n) is 9.78. The zero-order valence-corrected chi connectivity index (χ0v) is 18.1. The number of rotatable bonds is 8. The van der Waals surface area contributed by atoms with E-state index in [1.165, 1.54) is 0 Å². The Morgan fingerprint density at radius 2 is 2.00 bits per heavy atom. The molecule has 0 saturated carbocycles. The van der Waals surface area contributed by atoms with Gasteiger partial charge in [-0.15, -0.1) is 0 Å². The topological polar surface area (TPSA) is 81.0 Å². The van der Waals surface area contributed by atoms with Crippen LogP contribution in [0, 0.1) is 5.92 Å². The Bertz CT molecular complexity index is 1010. The number of H-pyrrole nitrogens is 1. The molecule has 1 unspecified atom stereocenters. The number of nitrogens with zero attached hydrogens (tertiary/aromatic N) is 1. The quantitative estimate of drug-likeness (QED) is 0.566. The number of methoxy groups -OCH3 is 1. The van der Waals surface area contributed by atoms with Crippen LogP contribution in [0.1, 0.15) is 43.6 Å². The molecule has 0 fully saturated rings. The summed E-state index contributed by atoms with van der Waals surface area (Å²) in [6.07, 6.45) is 0.747. The molecule has 0 aliphatic carbocycles. The first kappa shape index (κ1) is 21.3. The summed E-state index contributed by atoms with van der Waals surface area (Å²) in [5.41, 5.74) is 8.43. The third-order valence-electron chi connectivity index (χ3n) is 5.67. The second kappa shape index (κ2) is 8.56. The fourth-order valence-electron chi connectivity index (χ4n) is 3.78. The number of imidazole rings is 1. The van der Waals surface area contributed by atoms with Crippen LogP contribution in [-0.2, 0) is 21.4 Å². The van der Waals surface area contributed by atoms with E-state index in [0.717, 1.165) is 39.4 Å².